The van der Waals surface area contributed by atoms with Crippen molar-refractivity contribution in [3.05, 3.63) is 35.4 Å². The van der Waals surface area contributed by atoms with Crippen molar-refractivity contribution in [1.82, 2.24) is 20.5 Å². The lowest BCUT2D eigenvalue weighted by molar-refractivity contribution is -0.120. The number of carbonyl (C=O) groups is 2. The molecule has 28 heavy (non-hydrogen) atoms. The first kappa shape index (κ1) is 19.8. The van der Waals surface area contributed by atoms with Crippen molar-refractivity contribution < 1.29 is 19.1 Å². The minimum absolute atomic E-state index is 0.00246. The second-order valence-electron chi connectivity index (χ2n) is 5.96. The van der Waals surface area contributed by atoms with Crippen LogP contribution in [0.5, 0.6) is 5.75 Å². The van der Waals surface area contributed by atoms with Gasteiger partial charge in [0.25, 0.3) is 11.8 Å². The number of methoxy groups -OCH3 is 1. The highest BCUT2D eigenvalue weighted by Gasteiger charge is 2.31. The number of nitrogens with zero attached hydrogens (tertiary/aromatic N) is 3. The summed E-state index contributed by atoms with van der Waals surface area (Å²) in [6, 6.07) is 4.45. The van der Waals surface area contributed by atoms with Crippen LogP contribution in [0.4, 0.5) is 5.69 Å². The van der Waals surface area contributed by atoms with E-state index in [1.165, 1.54) is 4.90 Å². The number of rotatable bonds is 4. The number of amides is 2. The summed E-state index contributed by atoms with van der Waals surface area (Å²) in [5, 5.41) is 9.14. The maximum absolute atomic E-state index is 12.8. The summed E-state index contributed by atoms with van der Waals surface area (Å²) >= 11 is 0. The average Bonchev–Trinajstić information content (AvgIpc) is 3.16. The number of benzene rings is 1. The summed E-state index contributed by atoms with van der Waals surface area (Å²) in [5.41, 5.74) is 1.31. The Kier molecular flexibility index (Phi) is 6.24. The van der Waals surface area contributed by atoms with Gasteiger partial charge < -0.3 is 19.7 Å². The molecule has 1 aliphatic rings. The van der Waals surface area contributed by atoms with Crippen LogP contribution in [0.1, 0.15) is 22.0 Å². The molecule has 2 N–H and O–H groups in total. The van der Waals surface area contributed by atoms with Crippen LogP contribution in [-0.4, -0.2) is 60.4 Å². The first-order valence-corrected chi connectivity index (χ1v) is 9.29. The number of aromatic amines is 1. The Morgan fingerprint density at radius 3 is 3.07 bits per heavy atom. The lowest BCUT2D eigenvalue weighted by atomic mass is 10.1. The maximum Gasteiger partial charge on any atom is 0.291 e. The Morgan fingerprint density at radius 2 is 2.36 bits per heavy atom. The molecular weight excluding hydrogens is 381 g/mol. The highest BCUT2D eigenvalue weighted by atomic mass is 31.0. The van der Waals surface area contributed by atoms with E-state index in [1.807, 2.05) is 0 Å². The number of hydrogen-bond donors (Lipinski definition) is 2. The van der Waals surface area contributed by atoms with Crippen molar-refractivity contribution in [3.63, 3.8) is 0 Å². The van der Waals surface area contributed by atoms with Crippen LogP contribution < -0.4 is 15.0 Å². The largest absolute Gasteiger partial charge is 0.489 e. The molecule has 1 unspecified atom stereocenters. The molecule has 2 aromatic rings. The summed E-state index contributed by atoms with van der Waals surface area (Å²) in [6.45, 7) is 0.313. The Bertz CT molecular complexity index is 949. The van der Waals surface area contributed by atoms with Crippen LogP contribution in [0, 0.1) is 11.8 Å². The third kappa shape index (κ3) is 4.30. The van der Waals surface area contributed by atoms with E-state index in [0.717, 1.165) is 5.56 Å². The zero-order chi connectivity index (χ0) is 20.1. The van der Waals surface area contributed by atoms with Gasteiger partial charge in [-0.3, -0.25) is 14.7 Å². The lowest BCUT2D eigenvalue weighted by Gasteiger charge is -2.20. The van der Waals surface area contributed by atoms with E-state index < -0.39 is 11.9 Å². The van der Waals surface area contributed by atoms with Crippen LogP contribution in [0.25, 0.3) is 0 Å². The maximum atomic E-state index is 12.8. The van der Waals surface area contributed by atoms with E-state index in [0.29, 0.717) is 30.0 Å². The van der Waals surface area contributed by atoms with Crippen LogP contribution >= 0.6 is 9.24 Å². The fraction of sp³-hybridized carbons (Fsp3) is 0.333. The van der Waals surface area contributed by atoms with Gasteiger partial charge in [-0.05, 0) is 18.2 Å². The lowest BCUT2D eigenvalue weighted by Crippen LogP contribution is -2.49. The molecule has 0 aliphatic carbocycles. The van der Waals surface area contributed by atoms with Crippen molar-refractivity contribution >= 4 is 26.7 Å². The summed E-state index contributed by atoms with van der Waals surface area (Å²) in [4.78, 5) is 30.7. The smallest absolute Gasteiger partial charge is 0.291 e. The van der Waals surface area contributed by atoms with Crippen molar-refractivity contribution in [2.75, 3.05) is 32.3 Å². The molecule has 0 saturated heterocycles. The van der Waals surface area contributed by atoms with Gasteiger partial charge in [-0.25, -0.2) is 4.98 Å². The van der Waals surface area contributed by atoms with Crippen molar-refractivity contribution in [3.8, 4) is 17.6 Å². The SMILES string of the molecule is COCC#Cc1ccc2c(c1)N(C)C(=O)[C@@H](NC(=O)c1n[nH]c(CP)n1)CO2. The van der Waals surface area contributed by atoms with Crippen molar-refractivity contribution in [1.29, 1.82) is 0 Å². The normalized spacial score (nSPS) is 15.8. The van der Waals surface area contributed by atoms with E-state index in [9.17, 15) is 9.59 Å². The highest BCUT2D eigenvalue weighted by molar-refractivity contribution is 7.15. The highest BCUT2D eigenvalue weighted by Crippen LogP contribution is 2.31. The molecular formula is C18H20N5O4P. The van der Waals surface area contributed by atoms with Gasteiger partial charge in [-0.15, -0.1) is 14.3 Å². The minimum Gasteiger partial charge on any atom is -0.489 e. The first-order valence-electron chi connectivity index (χ1n) is 8.48. The summed E-state index contributed by atoms with van der Waals surface area (Å²) < 4.78 is 10.7. The molecule has 0 fully saturated rings. The van der Waals surface area contributed by atoms with Gasteiger partial charge in [0.1, 0.15) is 30.8 Å². The second kappa shape index (κ2) is 8.83. The summed E-state index contributed by atoms with van der Waals surface area (Å²) in [6.07, 6.45) is 0.541. The van der Waals surface area contributed by atoms with E-state index in [1.54, 1.807) is 32.4 Å². The molecule has 0 saturated carbocycles. The molecule has 2 atom stereocenters. The number of H-pyrrole nitrogens is 1. The Hall–Kier alpha value is -2.95. The zero-order valence-corrected chi connectivity index (χ0v) is 16.6. The molecule has 0 bridgehead atoms. The van der Waals surface area contributed by atoms with Crippen LogP contribution in [-0.2, 0) is 15.7 Å². The van der Waals surface area contributed by atoms with Gasteiger partial charge >= 0.3 is 0 Å². The number of nitrogens with one attached hydrogen (secondary N) is 2. The minimum atomic E-state index is -0.870. The number of aromatic nitrogens is 3. The fourth-order valence-electron chi connectivity index (χ4n) is 2.60. The summed E-state index contributed by atoms with van der Waals surface area (Å²) in [5.74, 6) is 6.05. The van der Waals surface area contributed by atoms with Gasteiger partial charge in [0, 0.05) is 25.9 Å². The van der Waals surface area contributed by atoms with Crippen molar-refractivity contribution in [2.45, 2.75) is 12.2 Å². The topological polar surface area (TPSA) is 109 Å². The quantitative estimate of drug-likeness (QED) is 0.565. The number of likely N-dealkylation sites (N-methyl/N-ethyl adjacent to an activating group) is 1. The fourth-order valence-corrected chi connectivity index (χ4v) is 2.78. The zero-order valence-electron chi connectivity index (χ0n) is 15.5. The number of fused-ring (bicyclic) bond motifs is 1. The number of anilines is 1. The molecule has 1 aromatic carbocycles. The molecule has 2 amide bonds. The predicted octanol–water partition coefficient (Wildman–Crippen LogP) is 0.331. The molecule has 0 radical (unpaired) electrons. The summed E-state index contributed by atoms with van der Waals surface area (Å²) in [7, 11) is 5.68. The monoisotopic (exact) mass is 401 g/mol. The molecule has 10 heteroatoms. The third-order valence-electron chi connectivity index (χ3n) is 4.04. The Morgan fingerprint density at radius 1 is 1.54 bits per heavy atom. The van der Waals surface area contributed by atoms with E-state index >= 15 is 0 Å². The van der Waals surface area contributed by atoms with Crippen LogP contribution in [0.3, 0.4) is 0 Å². The van der Waals surface area contributed by atoms with Gasteiger partial charge in [0.2, 0.25) is 5.82 Å². The van der Waals surface area contributed by atoms with Crippen LogP contribution in [0.15, 0.2) is 18.2 Å². The third-order valence-corrected chi connectivity index (χ3v) is 4.42. The van der Waals surface area contributed by atoms with Crippen LogP contribution in [0.2, 0.25) is 0 Å². The first-order chi connectivity index (χ1) is 13.5. The van der Waals surface area contributed by atoms with Gasteiger partial charge in [-0.1, -0.05) is 11.8 Å². The molecule has 3 rings (SSSR count). The molecule has 9 nitrogen and oxygen atoms in total. The predicted molar refractivity (Wildman–Crippen MR) is 105 cm³/mol. The van der Waals surface area contributed by atoms with Gasteiger partial charge in [-0.2, -0.15) is 0 Å². The average molecular weight is 401 g/mol. The molecule has 146 valence electrons. The molecule has 1 aromatic heterocycles. The van der Waals surface area contributed by atoms with E-state index in [2.05, 4.69) is 41.6 Å². The van der Waals surface area contributed by atoms with E-state index in [-0.39, 0.29) is 18.3 Å². The second-order valence-corrected chi connectivity index (χ2v) is 6.37. The molecule has 1 aliphatic heterocycles. The number of carbonyl (C=O) groups excluding carboxylic acids is 2. The molecule has 2 heterocycles. The van der Waals surface area contributed by atoms with Gasteiger partial charge in [0.05, 0.1) is 5.69 Å². The molecule has 0 spiro atoms. The van der Waals surface area contributed by atoms with Gasteiger partial charge in [0.15, 0.2) is 0 Å². The number of hydrogen-bond acceptors (Lipinski definition) is 6. The van der Waals surface area contributed by atoms with E-state index in [4.69, 9.17) is 9.47 Å². The Labute approximate surface area is 164 Å². The number of ether oxygens (including phenoxy) is 2. The standard InChI is InChI=1S/C18H20N5O4P/c1-23-13-8-11(4-3-7-26-2)5-6-14(13)27-9-12(18(23)25)19-17(24)16-20-15(10-28)21-22-16/h5-6,8,12H,7,9-10,28H2,1-2H3,(H,19,24)(H,20,21,22)/t12-/m0/s1. The van der Waals surface area contributed by atoms with Crippen molar-refractivity contribution in [2.24, 2.45) is 0 Å². The Balaban J connectivity index is 1.77.